The van der Waals surface area contributed by atoms with Crippen LogP contribution in [0.25, 0.3) is 0 Å². The minimum Gasteiger partial charge on any atom is -0.497 e. The number of aliphatic hydroxyl groups is 1. The molecule has 1 fully saturated rings. The molecular formula is C21H30O3. The lowest BCUT2D eigenvalue weighted by Gasteiger charge is -2.29. The summed E-state index contributed by atoms with van der Waals surface area (Å²) in [7, 11) is 1.71. The lowest BCUT2D eigenvalue weighted by Crippen LogP contribution is -2.28. The summed E-state index contributed by atoms with van der Waals surface area (Å²) < 4.78 is 5.34. The molecule has 3 nitrogen and oxygen atoms in total. The van der Waals surface area contributed by atoms with Gasteiger partial charge < -0.3 is 14.6 Å². The lowest BCUT2D eigenvalue weighted by atomic mass is 9.77. The fourth-order valence-electron chi connectivity index (χ4n) is 4.74. The van der Waals surface area contributed by atoms with Crippen molar-refractivity contribution in [3.63, 3.8) is 0 Å². The molecule has 0 aliphatic heterocycles. The van der Waals surface area contributed by atoms with Crippen LogP contribution in [0.5, 0.6) is 5.75 Å². The Hall–Kier alpha value is -1.35. The molecule has 0 amide bonds. The molecule has 4 atom stereocenters. The Kier molecular flexibility index (Phi) is 4.50. The van der Waals surface area contributed by atoms with Gasteiger partial charge in [-0.15, -0.1) is 0 Å². The summed E-state index contributed by atoms with van der Waals surface area (Å²) in [6.45, 7) is 6.26. The van der Waals surface area contributed by atoms with E-state index in [1.165, 1.54) is 11.1 Å². The van der Waals surface area contributed by atoms with Crippen LogP contribution in [0, 0.1) is 22.7 Å². The number of hydrogen-bond acceptors (Lipinski definition) is 3. The molecule has 3 heteroatoms. The zero-order chi connectivity index (χ0) is 17.5. The Morgan fingerprint density at radius 1 is 1.33 bits per heavy atom. The van der Waals surface area contributed by atoms with Gasteiger partial charge in [-0.3, -0.25) is 0 Å². The second kappa shape index (κ2) is 6.18. The smallest absolute Gasteiger partial charge is 0.120 e. The van der Waals surface area contributed by atoms with E-state index in [1.807, 2.05) is 6.07 Å². The van der Waals surface area contributed by atoms with Gasteiger partial charge in [0, 0.05) is 6.42 Å². The number of carbonyl (C=O) groups is 1. The summed E-state index contributed by atoms with van der Waals surface area (Å²) in [5, 5.41) is 10.6. The molecular weight excluding hydrogens is 300 g/mol. The van der Waals surface area contributed by atoms with Gasteiger partial charge in [-0.25, -0.2) is 0 Å². The normalized spacial score (nSPS) is 29.9. The van der Waals surface area contributed by atoms with Gasteiger partial charge in [0.05, 0.1) is 13.2 Å². The van der Waals surface area contributed by atoms with Crippen LogP contribution in [0.1, 0.15) is 51.2 Å². The first-order valence-corrected chi connectivity index (χ1v) is 9.09. The number of fused-ring (bicyclic) bond motifs is 1. The molecule has 1 saturated carbocycles. The average Bonchev–Trinajstić information content (AvgIpc) is 3.10. The fourth-order valence-corrected chi connectivity index (χ4v) is 4.74. The Balaban J connectivity index is 1.79. The fraction of sp³-hybridized carbons (Fsp3) is 0.667. The molecule has 0 bridgehead atoms. The highest BCUT2D eigenvalue weighted by molar-refractivity contribution is 5.52. The van der Waals surface area contributed by atoms with Crippen molar-refractivity contribution in [1.29, 1.82) is 0 Å². The summed E-state index contributed by atoms with van der Waals surface area (Å²) in [4.78, 5) is 11.2. The van der Waals surface area contributed by atoms with Gasteiger partial charge in [0.1, 0.15) is 12.0 Å². The second-order valence-electron chi connectivity index (χ2n) is 8.78. The Labute approximate surface area is 145 Å². The molecule has 0 saturated heterocycles. The van der Waals surface area contributed by atoms with Crippen LogP contribution >= 0.6 is 0 Å². The number of aryl methyl sites for hydroxylation is 1. The molecule has 132 valence electrons. The van der Waals surface area contributed by atoms with E-state index in [4.69, 9.17) is 4.74 Å². The summed E-state index contributed by atoms with van der Waals surface area (Å²) in [6.07, 6.45) is 5.40. The van der Waals surface area contributed by atoms with Crippen molar-refractivity contribution in [3.8, 4) is 5.75 Å². The van der Waals surface area contributed by atoms with Crippen LogP contribution in [0.2, 0.25) is 0 Å². The number of carbonyl (C=O) groups excluding carboxylic acids is 1. The van der Waals surface area contributed by atoms with Crippen molar-refractivity contribution in [2.45, 2.75) is 59.0 Å². The first-order valence-electron chi connectivity index (χ1n) is 9.09. The number of rotatable bonds is 5. The number of ether oxygens (including phenoxy) is 1. The Morgan fingerprint density at radius 2 is 2.08 bits per heavy atom. The quantitative estimate of drug-likeness (QED) is 0.835. The zero-order valence-corrected chi connectivity index (χ0v) is 15.3. The highest BCUT2D eigenvalue weighted by Crippen LogP contribution is 2.68. The van der Waals surface area contributed by atoms with E-state index in [2.05, 4.69) is 32.9 Å². The minimum absolute atomic E-state index is 0.102. The Morgan fingerprint density at radius 3 is 2.71 bits per heavy atom. The number of hydrogen-bond donors (Lipinski definition) is 1. The second-order valence-corrected chi connectivity index (χ2v) is 8.78. The zero-order valence-electron chi connectivity index (χ0n) is 15.3. The molecule has 2 aliphatic rings. The standard InChI is InChI=1S/C21H30O3/c1-20(2,3)19(23)12-18-17(8-10-22)21(18)9-7-14-11-16(24-4)6-5-15(14)13-21/h5-6,10-11,17-19,23H,7-9,12-13H2,1-4H3/t17-,18?,19?,21+/m1/s1. The van der Waals surface area contributed by atoms with Gasteiger partial charge in [0.15, 0.2) is 0 Å². The highest BCUT2D eigenvalue weighted by Gasteiger charge is 2.64. The van der Waals surface area contributed by atoms with E-state index >= 15 is 0 Å². The maximum atomic E-state index is 11.2. The van der Waals surface area contributed by atoms with Crippen molar-refractivity contribution in [2.24, 2.45) is 22.7 Å². The molecule has 1 aromatic rings. The van der Waals surface area contributed by atoms with Crippen molar-refractivity contribution in [1.82, 2.24) is 0 Å². The van der Waals surface area contributed by atoms with Gasteiger partial charge in [-0.05, 0) is 71.6 Å². The Bertz CT molecular complexity index is 616. The molecule has 2 unspecified atom stereocenters. The van der Waals surface area contributed by atoms with Crippen LogP contribution < -0.4 is 4.74 Å². The average molecular weight is 330 g/mol. The van der Waals surface area contributed by atoms with E-state index in [1.54, 1.807) is 7.11 Å². The van der Waals surface area contributed by atoms with Gasteiger partial charge in [-0.1, -0.05) is 26.8 Å². The third-order valence-electron chi connectivity index (χ3n) is 6.47. The van der Waals surface area contributed by atoms with Crippen LogP contribution in [-0.2, 0) is 17.6 Å². The predicted octanol–water partition coefficient (Wildman–Crippen LogP) is 3.80. The van der Waals surface area contributed by atoms with Crippen LogP contribution in [-0.4, -0.2) is 24.6 Å². The molecule has 1 N–H and O–H groups in total. The van der Waals surface area contributed by atoms with E-state index in [0.29, 0.717) is 18.3 Å². The first kappa shape index (κ1) is 17.5. The topological polar surface area (TPSA) is 46.5 Å². The third-order valence-corrected chi connectivity index (χ3v) is 6.47. The molecule has 24 heavy (non-hydrogen) atoms. The molecule has 0 heterocycles. The number of aldehydes is 1. The summed E-state index contributed by atoms with van der Waals surface area (Å²) in [6, 6.07) is 6.37. The summed E-state index contributed by atoms with van der Waals surface area (Å²) >= 11 is 0. The molecule has 2 aliphatic carbocycles. The number of benzene rings is 1. The monoisotopic (exact) mass is 330 g/mol. The number of methoxy groups -OCH3 is 1. The highest BCUT2D eigenvalue weighted by atomic mass is 16.5. The SMILES string of the molecule is COc1ccc2c(c1)CC[C@@]1(C2)C(CC(O)C(C)(C)C)[C@H]1CC=O. The van der Waals surface area contributed by atoms with Crippen molar-refractivity contribution in [3.05, 3.63) is 29.3 Å². The van der Waals surface area contributed by atoms with E-state index in [0.717, 1.165) is 37.7 Å². The maximum Gasteiger partial charge on any atom is 0.120 e. The van der Waals surface area contributed by atoms with Crippen LogP contribution in [0.3, 0.4) is 0 Å². The minimum atomic E-state index is -0.312. The van der Waals surface area contributed by atoms with Gasteiger partial charge >= 0.3 is 0 Å². The third kappa shape index (κ3) is 2.99. The summed E-state index contributed by atoms with van der Waals surface area (Å²) in [5.74, 6) is 1.82. The van der Waals surface area contributed by atoms with Crippen molar-refractivity contribution >= 4 is 6.29 Å². The van der Waals surface area contributed by atoms with Crippen molar-refractivity contribution < 1.29 is 14.6 Å². The van der Waals surface area contributed by atoms with E-state index in [9.17, 15) is 9.90 Å². The largest absolute Gasteiger partial charge is 0.497 e. The van der Waals surface area contributed by atoms with Gasteiger partial charge in [0.2, 0.25) is 0 Å². The molecule has 3 rings (SSSR count). The van der Waals surface area contributed by atoms with E-state index < -0.39 is 0 Å². The van der Waals surface area contributed by atoms with Crippen LogP contribution in [0.15, 0.2) is 18.2 Å². The first-order chi connectivity index (χ1) is 11.3. The molecule has 1 aromatic carbocycles. The van der Waals surface area contributed by atoms with Crippen molar-refractivity contribution in [2.75, 3.05) is 7.11 Å². The lowest BCUT2D eigenvalue weighted by molar-refractivity contribution is -0.108. The summed E-state index contributed by atoms with van der Waals surface area (Å²) in [5.41, 5.74) is 2.89. The van der Waals surface area contributed by atoms with E-state index in [-0.39, 0.29) is 16.9 Å². The van der Waals surface area contributed by atoms with Gasteiger partial charge in [-0.2, -0.15) is 0 Å². The number of aliphatic hydroxyl groups excluding tert-OH is 1. The molecule has 1 spiro atoms. The predicted molar refractivity (Wildman–Crippen MR) is 95.2 cm³/mol. The maximum absolute atomic E-state index is 11.2. The molecule has 0 aromatic heterocycles. The molecule has 0 radical (unpaired) electrons. The van der Waals surface area contributed by atoms with Gasteiger partial charge in [0.25, 0.3) is 0 Å². The van der Waals surface area contributed by atoms with Crippen LogP contribution in [0.4, 0.5) is 0 Å².